The summed E-state index contributed by atoms with van der Waals surface area (Å²) >= 11 is 0. The van der Waals surface area contributed by atoms with Crippen molar-refractivity contribution in [1.29, 1.82) is 0 Å². The molecule has 0 aromatic carbocycles. The van der Waals surface area contributed by atoms with Crippen molar-refractivity contribution in [1.82, 2.24) is 19.9 Å². The third-order valence-electron chi connectivity index (χ3n) is 3.18. The van der Waals surface area contributed by atoms with Gasteiger partial charge in [-0.1, -0.05) is 26.7 Å². The van der Waals surface area contributed by atoms with Gasteiger partial charge in [0.25, 0.3) is 0 Å². The maximum atomic E-state index is 4.60. The second kappa shape index (κ2) is 7.68. The van der Waals surface area contributed by atoms with E-state index in [1.165, 1.54) is 0 Å². The fraction of sp³-hybridized carbons (Fsp3) is 0.500. The minimum Gasteiger partial charge on any atom is -0.241 e. The van der Waals surface area contributed by atoms with Gasteiger partial charge in [0.1, 0.15) is 11.6 Å². The quantitative estimate of drug-likeness (QED) is 0.771. The SMILES string of the molecule is CCCCc1nccc(-c2ccnc(CCCC)n2)n1. The zero-order valence-electron chi connectivity index (χ0n) is 12.3. The van der Waals surface area contributed by atoms with E-state index in [2.05, 4.69) is 33.8 Å². The Balaban J connectivity index is 2.17. The maximum absolute atomic E-state index is 4.60. The van der Waals surface area contributed by atoms with Crippen molar-refractivity contribution in [2.24, 2.45) is 0 Å². The molecule has 0 radical (unpaired) electrons. The van der Waals surface area contributed by atoms with Gasteiger partial charge in [0, 0.05) is 25.2 Å². The normalized spacial score (nSPS) is 10.7. The van der Waals surface area contributed by atoms with E-state index in [4.69, 9.17) is 0 Å². The van der Waals surface area contributed by atoms with Gasteiger partial charge in [0.05, 0.1) is 11.4 Å². The van der Waals surface area contributed by atoms with Crippen LogP contribution in [0.1, 0.15) is 51.2 Å². The van der Waals surface area contributed by atoms with Crippen LogP contribution in [0, 0.1) is 0 Å². The molecule has 106 valence electrons. The largest absolute Gasteiger partial charge is 0.241 e. The molecule has 0 spiro atoms. The number of hydrogen-bond acceptors (Lipinski definition) is 4. The number of nitrogens with zero attached hydrogens (tertiary/aromatic N) is 4. The molecule has 0 fully saturated rings. The number of aryl methyl sites for hydroxylation is 2. The molecule has 0 N–H and O–H groups in total. The Morgan fingerprint density at radius 3 is 1.60 bits per heavy atom. The van der Waals surface area contributed by atoms with E-state index in [0.29, 0.717) is 0 Å². The minimum atomic E-state index is 0.895. The van der Waals surface area contributed by atoms with Crippen LogP contribution in [0.3, 0.4) is 0 Å². The van der Waals surface area contributed by atoms with Crippen LogP contribution < -0.4 is 0 Å². The van der Waals surface area contributed by atoms with Crippen molar-refractivity contribution in [3.63, 3.8) is 0 Å². The highest BCUT2D eigenvalue weighted by Crippen LogP contribution is 2.14. The standard InChI is InChI=1S/C16H22N4/c1-3-5-7-15-17-11-9-13(19-15)14-10-12-18-16(20-14)8-6-4-2/h9-12H,3-8H2,1-2H3. The summed E-state index contributed by atoms with van der Waals surface area (Å²) in [6.45, 7) is 4.35. The summed E-state index contributed by atoms with van der Waals surface area (Å²) in [6, 6.07) is 3.84. The molecule has 2 aromatic heterocycles. The molecule has 0 aliphatic rings. The Morgan fingerprint density at radius 2 is 1.20 bits per heavy atom. The van der Waals surface area contributed by atoms with E-state index in [1.807, 2.05) is 24.5 Å². The van der Waals surface area contributed by atoms with Gasteiger partial charge in [0.2, 0.25) is 0 Å². The Hall–Kier alpha value is -1.84. The summed E-state index contributed by atoms with van der Waals surface area (Å²) in [4.78, 5) is 17.8. The summed E-state index contributed by atoms with van der Waals surface area (Å²) in [5.74, 6) is 1.80. The van der Waals surface area contributed by atoms with Crippen LogP contribution >= 0.6 is 0 Å². The minimum absolute atomic E-state index is 0.895. The Kier molecular flexibility index (Phi) is 5.59. The van der Waals surface area contributed by atoms with Crippen LogP contribution in [0.15, 0.2) is 24.5 Å². The lowest BCUT2D eigenvalue weighted by molar-refractivity contribution is 0.747. The summed E-state index contributed by atoms with van der Waals surface area (Å²) in [5.41, 5.74) is 1.79. The predicted octanol–water partition coefficient (Wildman–Crippen LogP) is 3.62. The van der Waals surface area contributed by atoms with Crippen LogP contribution in [0.2, 0.25) is 0 Å². The molecule has 0 bridgehead atoms. The number of aromatic nitrogens is 4. The highest BCUT2D eigenvalue weighted by Gasteiger charge is 2.05. The third kappa shape index (κ3) is 4.08. The van der Waals surface area contributed by atoms with Gasteiger partial charge in [-0.05, 0) is 25.0 Å². The van der Waals surface area contributed by atoms with Gasteiger partial charge < -0.3 is 0 Å². The number of unbranched alkanes of at least 4 members (excludes halogenated alkanes) is 2. The molecule has 4 nitrogen and oxygen atoms in total. The van der Waals surface area contributed by atoms with E-state index in [-0.39, 0.29) is 0 Å². The molecular weight excluding hydrogens is 248 g/mol. The van der Waals surface area contributed by atoms with Crippen LogP contribution in [0.25, 0.3) is 11.4 Å². The first-order valence-electron chi connectivity index (χ1n) is 7.47. The van der Waals surface area contributed by atoms with Crippen molar-refractivity contribution in [2.45, 2.75) is 52.4 Å². The second-order valence-electron chi connectivity index (χ2n) is 4.92. The van der Waals surface area contributed by atoms with E-state index < -0.39 is 0 Å². The maximum Gasteiger partial charge on any atom is 0.129 e. The predicted molar refractivity (Wildman–Crippen MR) is 80.3 cm³/mol. The molecule has 0 amide bonds. The lowest BCUT2D eigenvalue weighted by Gasteiger charge is -2.04. The summed E-state index contributed by atoms with van der Waals surface area (Å²) < 4.78 is 0. The van der Waals surface area contributed by atoms with Crippen LogP contribution in [-0.2, 0) is 12.8 Å². The van der Waals surface area contributed by atoms with E-state index in [9.17, 15) is 0 Å². The molecule has 0 atom stereocenters. The molecule has 20 heavy (non-hydrogen) atoms. The van der Waals surface area contributed by atoms with E-state index >= 15 is 0 Å². The molecule has 2 heterocycles. The highest BCUT2D eigenvalue weighted by atomic mass is 14.9. The monoisotopic (exact) mass is 270 g/mol. The zero-order valence-corrected chi connectivity index (χ0v) is 12.3. The fourth-order valence-electron chi connectivity index (χ4n) is 1.99. The summed E-state index contributed by atoms with van der Waals surface area (Å²) in [5, 5.41) is 0. The first-order valence-corrected chi connectivity index (χ1v) is 7.47. The molecule has 0 saturated carbocycles. The van der Waals surface area contributed by atoms with Crippen molar-refractivity contribution in [3.8, 4) is 11.4 Å². The van der Waals surface area contributed by atoms with Crippen molar-refractivity contribution < 1.29 is 0 Å². The first-order chi connectivity index (χ1) is 9.83. The topological polar surface area (TPSA) is 51.6 Å². The molecule has 0 saturated heterocycles. The average Bonchev–Trinajstić information content (AvgIpc) is 2.51. The van der Waals surface area contributed by atoms with Crippen LogP contribution in [0.5, 0.6) is 0 Å². The fourth-order valence-corrected chi connectivity index (χ4v) is 1.99. The Morgan fingerprint density at radius 1 is 0.750 bits per heavy atom. The summed E-state index contributed by atoms with van der Waals surface area (Å²) in [7, 11) is 0. The van der Waals surface area contributed by atoms with Gasteiger partial charge in [-0.25, -0.2) is 19.9 Å². The Labute approximate surface area is 120 Å². The number of rotatable bonds is 7. The van der Waals surface area contributed by atoms with Gasteiger partial charge >= 0.3 is 0 Å². The molecule has 0 aliphatic heterocycles. The molecule has 2 aromatic rings. The molecule has 2 rings (SSSR count). The molecule has 0 unspecified atom stereocenters. The first kappa shape index (κ1) is 14.6. The lowest BCUT2D eigenvalue weighted by atomic mass is 10.2. The van der Waals surface area contributed by atoms with Gasteiger partial charge in [-0.15, -0.1) is 0 Å². The zero-order chi connectivity index (χ0) is 14.2. The van der Waals surface area contributed by atoms with Crippen molar-refractivity contribution >= 4 is 0 Å². The van der Waals surface area contributed by atoms with Crippen molar-refractivity contribution in [2.75, 3.05) is 0 Å². The van der Waals surface area contributed by atoms with E-state index in [1.54, 1.807) is 0 Å². The summed E-state index contributed by atoms with van der Waals surface area (Å²) in [6.07, 6.45) is 10.0. The van der Waals surface area contributed by atoms with Crippen LogP contribution in [-0.4, -0.2) is 19.9 Å². The van der Waals surface area contributed by atoms with Crippen LogP contribution in [0.4, 0.5) is 0 Å². The Bertz CT molecular complexity index is 490. The van der Waals surface area contributed by atoms with E-state index in [0.717, 1.165) is 61.6 Å². The highest BCUT2D eigenvalue weighted by molar-refractivity contribution is 5.52. The van der Waals surface area contributed by atoms with Gasteiger partial charge in [-0.2, -0.15) is 0 Å². The molecule has 0 aliphatic carbocycles. The average molecular weight is 270 g/mol. The number of hydrogen-bond donors (Lipinski definition) is 0. The smallest absolute Gasteiger partial charge is 0.129 e. The molecular formula is C16H22N4. The molecule has 4 heteroatoms. The van der Waals surface area contributed by atoms with Gasteiger partial charge in [-0.3, -0.25) is 0 Å². The lowest BCUT2D eigenvalue weighted by Crippen LogP contribution is -2.00. The second-order valence-corrected chi connectivity index (χ2v) is 4.92. The van der Waals surface area contributed by atoms with Gasteiger partial charge in [0.15, 0.2) is 0 Å². The van der Waals surface area contributed by atoms with Crippen molar-refractivity contribution in [3.05, 3.63) is 36.2 Å². The third-order valence-corrected chi connectivity index (χ3v) is 3.18.